The lowest BCUT2D eigenvalue weighted by Gasteiger charge is -2.25. The molecule has 2 saturated heterocycles. The lowest BCUT2D eigenvalue weighted by atomic mass is 10.1. The molecule has 2 aliphatic heterocycles. The molecule has 1 aromatic rings. The smallest absolute Gasteiger partial charge is 0.247 e. The van der Waals surface area contributed by atoms with Crippen LogP contribution in [0.3, 0.4) is 0 Å². The first-order chi connectivity index (χ1) is 14.6. The first-order valence-corrected chi connectivity index (χ1v) is 10.8. The van der Waals surface area contributed by atoms with E-state index in [0.717, 1.165) is 56.4 Å². The monoisotopic (exact) mass is 410 g/mol. The van der Waals surface area contributed by atoms with E-state index in [9.17, 15) is 9.59 Å². The summed E-state index contributed by atoms with van der Waals surface area (Å²) in [6, 6.07) is 7.24. The second-order valence-electron chi connectivity index (χ2n) is 7.75. The Balaban J connectivity index is 1.72. The Hall–Kier alpha value is -3.08. The van der Waals surface area contributed by atoms with Crippen molar-refractivity contribution in [2.24, 2.45) is 4.99 Å². The summed E-state index contributed by atoms with van der Waals surface area (Å²) in [5, 5.41) is 14.8. The van der Waals surface area contributed by atoms with Crippen molar-refractivity contribution in [3.05, 3.63) is 29.8 Å². The van der Waals surface area contributed by atoms with Gasteiger partial charge in [0.05, 0.1) is 6.54 Å². The van der Waals surface area contributed by atoms with E-state index >= 15 is 0 Å². The van der Waals surface area contributed by atoms with Crippen LogP contribution < -0.4 is 10.6 Å². The van der Waals surface area contributed by atoms with Crippen LogP contribution >= 0.6 is 0 Å². The van der Waals surface area contributed by atoms with Gasteiger partial charge in [-0.05, 0) is 56.2 Å². The van der Waals surface area contributed by atoms with Crippen LogP contribution in [0.5, 0.6) is 0 Å². The van der Waals surface area contributed by atoms with E-state index in [0.29, 0.717) is 13.0 Å². The Bertz CT molecular complexity index is 825. The molecule has 0 radical (unpaired) electrons. The highest BCUT2D eigenvalue weighted by Gasteiger charge is 2.30. The summed E-state index contributed by atoms with van der Waals surface area (Å²) in [5.74, 6) is 0.105. The van der Waals surface area contributed by atoms with E-state index in [1.165, 1.54) is 0 Å². The van der Waals surface area contributed by atoms with Crippen molar-refractivity contribution < 1.29 is 9.59 Å². The van der Waals surface area contributed by atoms with Crippen molar-refractivity contribution in [1.82, 2.24) is 15.1 Å². The van der Waals surface area contributed by atoms with Crippen molar-refractivity contribution in [2.45, 2.75) is 51.5 Å². The van der Waals surface area contributed by atoms with Gasteiger partial charge in [-0.2, -0.15) is 5.26 Å². The van der Waals surface area contributed by atoms with Gasteiger partial charge in [0, 0.05) is 25.3 Å². The van der Waals surface area contributed by atoms with Gasteiger partial charge in [0.2, 0.25) is 17.8 Å². The minimum Gasteiger partial charge on any atom is -0.341 e. The molecule has 2 N–H and O–H groups in total. The van der Waals surface area contributed by atoms with E-state index in [4.69, 9.17) is 5.26 Å². The maximum atomic E-state index is 13.1. The molecule has 1 aromatic carbocycles. The fourth-order valence-corrected chi connectivity index (χ4v) is 3.90. The van der Waals surface area contributed by atoms with Crippen LogP contribution in [0, 0.1) is 11.5 Å². The first-order valence-electron chi connectivity index (χ1n) is 10.8. The van der Waals surface area contributed by atoms with Gasteiger partial charge in [-0.15, -0.1) is 0 Å². The molecule has 2 fully saturated rings. The molecular formula is C22H30N6O2. The predicted octanol–water partition coefficient (Wildman–Crippen LogP) is 2.09. The highest BCUT2D eigenvalue weighted by molar-refractivity contribution is 5.97. The number of aryl methyl sites for hydroxylation is 1. The Labute approximate surface area is 177 Å². The predicted molar refractivity (Wildman–Crippen MR) is 116 cm³/mol. The summed E-state index contributed by atoms with van der Waals surface area (Å²) in [5.41, 5.74) is 1.96. The molecule has 3 rings (SSSR count). The van der Waals surface area contributed by atoms with Crippen molar-refractivity contribution in [3.63, 3.8) is 0 Å². The van der Waals surface area contributed by atoms with Crippen LogP contribution in [0.2, 0.25) is 0 Å². The van der Waals surface area contributed by atoms with Crippen LogP contribution in [0.25, 0.3) is 0 Å². The highest BCUT2D eigenvalue weighted by atomic mass is 16.2. The number of nitrogens with one attached hydrogen (secondary N) is 2. The Morgan fingerprint density at radius 2 is 2.00 bits per heavy atom. The van der Waals surface area contributed by atoms with Gasteiger partial charge in [-0.3, -0.25) is 14.9 Å². The molecular weight excluding hydrogens is 380 g/mol. The topological polar surface area (TPSA) is 101 Å². The quantitative estimate of drug-likeness (QED) is 0.335. The largest absolute Gasteiger partial charge is 0.341 e. The van der Waals surface area contributed by atoms with Gasteiger partial charge in [-0.1, -0.05) is 19.1 Å². The van der Waals surface area contributed by atoms with Gasteiger partial charge in [0.15, 0.2) is 6.19 Å². The fourth-order valence-electron chi connectivity index (χ4n) is 3.90. The molecule has 160 valence electrons. The Kier molecular flexibility index (Phi) is 7.66. The van der Waals surface area contributed by atoms with Crippen molar-refractivity contribution in [2.75, 3.05) is 31.5 Å². The minimum absolute atomic E-state index is 0.00959. The summed E-state index contributed by atoms with van der Waals surface area (Å²) in [6.45, 7) is 4.30. The molecule has 0 aromatic heterocycles. The molecule has 30 heavy (non-hydrogen) atoms. The molecule has 1 atom stereocenters. The summed E-state index contributed by atoms with van der Waals surface area (Å²) in [6.07, 6.45) is 7.13. The number of nitriles is 1. The number of guanidine groups is 1. The Morgan fingerprint density at radius 3 is 2.73 bits per heavy atom. The van der Waals surface area contributed by atoms with Gasteiger partial charge in [0.1, 0.15) is 6.04 Å². The van der Waals surface area contributed by atoms with E-state index in [1.807, 2.05) is 35.4 Å². The Morgan fingerprint density at radius 1 is 1.23 bits per heavy atom. The second kappa shape index (κ2) is 10.6. The standard InChI is InChI=1S/C22H30N6O2/c1-2-17-8-7-9-18(14-17)25-22(24-16-23)26-19-10-3-4-13-28(21(19)30)15-20(29)27-11-5-6-12-27/h7-9,14,19H,2-6,10-13,15H2,1H3,(H2,24,25,26)/t19-/m0/s1. The number of rotatable bonds is 5. The van der Waals surface area contributed by atoms with Crippen LogP contribution in [-0.4, -0.2) is 59.8 Å². The summed E-state index contributed by atoms with van der Waals surface area (Å²) in [4.78, 5) is 33.6. The number of aliphatic imine (C=N–C) groups is 1. The zero-order valence-corrected chi connectivity index (χ0v) is 17.6. The molecule has 8 heteroatoms. The number of hydrogen-bond donors (Lipinski definition) is 2. The van der Waals surface area contributed by atoms with E-state index in [1.54, 1.807) is 4.90 Å². The van der Waals surface area contributed by atoms with Gasteiger partial charge in [-0.25, -0.2) is 4.99 Å². The van der Waals surface area contributed by atoms with E-state index in [-0.39, 0.29) is 24.3 Å². The molecule has 0 bridgehead atoms. The zero-order valence-electron chi connectivity index (χ0n) is 17.6. The third-order valence-corrected chi connectivity index (χ3v) is 5.59. The average molecular weight is 411 g/mol. The van der Waals surface area contributed by atoms with Gasteiger partial charge in [0.25, 0.3) is 0 Å². The molecule has 0 saturated carbocycles. The molecule has 0 unspecified atom stereocenters. The van der Waals surface area contributed by atoms with Crippen LogP contribution in [0.15, 0.2) is 29.3 Å². The summed E-state index contributed by atoms with van der Waals surface area (Å²) in [7, 11) is 0. The molecule has 0 spiro atoms. The van der Waals surface area contributed by atoms with Gasteiger partial charge < -0.3 is 15.1 Å². The number of likely N-dealkylation sites (tertiary alicyclic amines) is 2. The number of benzene rings is 1. The normalized spacial score (nSPS) is 19.9. The first kappa shape index (κ1) is 21.6. The SMILES string of the molecule is CCc1cccc(NC(=N[C@H]2CCCCN(CC(=O)N3CCCC3)C2=O)NC#N)c1. The summed E-state index contributed by atoms with van der Waals surface area (Å²) < 4.78 is 0. The maximum absolute atomic E-state index is 13.1. The molecule has 2 aliphatic rings. The van der Waals surface area contributed by atoms with Crippen LogP contribution in [0.1, 0.15) is 44.6 Å². The van der Waals surface area contributed by atoms with E-state index < -0.39 is 6.04 Å². The van der Waals surface area contributed by atoms with Crippen molar-refractivity contribution >= 4 is 23.5 Å². The average Bonchev–Trinajstić information content (AvgIpc) is 3.24. The zero-order chi connectivity index (χ0) is 21.3. The number of nitrogens with zero attached hydrogens (tertiary/aromatic N) is 4. The van der Waals surface area contributed by atoms with Crippen LogP contribution in [0.4, 0.5) is 5.69 Å². The fraction of sp³-hybridized carbons (Fsp3) is 0.545. The minimum atomic E-state index is -0.614. The van der Waals surface area contributed by atoms with Gasteiger partial charge >= 0.3 is 0 Å². The molecule has 2 heterocycles. The highest BCUT2D eigenvalue weighted by Crippen LogP contribution is 2.17. The third-order valence-electron chi connectivity index (χ3n) is 5.59. The number of anilines is 1. The second-order valence-corrected chi connectivity index (χ2v) is 7.75. The maximum Gasteiger partial charge on any atom is 0.247 e. The summed E-state index contributed by atoms with van der Waals surface area (Å²) >= 11 is 0. The lowest BCUT2D eigenvalue weighted by Crippen LogP contribution is -2.45. The van der Waals surface area contributed by atoms with Crippen LogP contribution in [-0.2, 0) is 16.0 Å². The molecule has 0 aliphatic carbocycles. The third kappa shape index (κ3) is 5.72. The van der Waals surface area contributed by atoms with E-state index in [2.05, 4.69) is 22.5 Å². The molecule has 2 amide bonds. The number of amides is 2. The molecule has 8 nitrogen and oxygen atoms in total. The number of hydrogen-bond acceptors (Lipinski definition) is 4. The number of carbonyl (C=O) groups excluding carboxylic acids is 2. The lowest BCUT2D eigenvalue weighted by molar-refractivity contribution is -0.140. The number of carbonyl (C=O) groups is 2. The van der Waals surface area contributed by atoms with Crippen molar-refractivity contribution in [3.8, 4) is 6.19 Å². The van der Waals surface area contributed by atoms with Crippen molar-refractivity contribution in [1.29, 1.82) is 5.26 Å².